The minimum atomic E-state index is -0.192. The van der Waals surface area contributed by atoms with Crippen molar-refractivity contribution in [3.63, 3.8) is 0 Å². The Hall–Kier alpha value is -1.71. The Morgan fingerprint density at radius 2 is 1.95 bits per heavy atom. The minimum absolute atomic E-state index is 0.000784. The fraction of sp³-hybridized carbons (Fsp3) is 0.533. The first kappa shape index (κ1) is 13.7. The van der Waals surface area contributed by atoms with Crippen molar-refractivity contribution in [1.82, 2.24) is 4.90 Å². The first-order chi connectivity index (χ1) is 9.13. The number of benzene rings is 1. The number of hydrogen-bond donors (Lipinski definition) is 2. The van der Waals surface area contributed by atoms with Gasteiger partial charge in [0.15, 0.2) is 0 Å². The second kappa shape index (κ2) is 5.95. The average Bonchev–Trinajstić information content (AvgIpc) is 2.43. The zero-order chi connectivity index (χ0) is 13.8. The van der Waals surface area contributed by atoms with Crippen molar-refractivity contribution in [1.29, 1.82) is 0 Å². The van der Waals surface area contributed by atoms with Crippen molar-refractivity contribution >= 4 is 5.91 Å². The van der Waals surface area contributed by atoms with E-state index in [1.165, 1.54) is 24.6 Å². The highest BCUT2D eigenvalue weighted by molar-refractivity contribution is 5.97. The van der Waals surface area contributed by atoms with Gasteiger partial charge < -0.3 is 15.1 Å². The summed E-state index contributed by atoms with van der Waals surface area (Å²) >= 11 is 0. The topological polar surface area (TPSA) is 60.8 Å². The lowest BCUT2D eigenvalue weighted by molar-refractivity contribution is 0.0644. The Labute approximate surface area is 113 Å². The molecule has 2 N–H and O–H groups in total. The Bertz CT molecular complexity index is 453. The number of rotatable bonds is 3. The van der Waals surface area contributed by atoms with Crippen LogP contribution in [0.15, 0.2) is 18.2 Å². The predicted molar refractivity (Wildman–Crippen MR) is 73.4 cm³/mol. The van der Waals surface area contributed by atoms with Gasteiger partial charge in [0, 0.05) is 12.6 Å². The SMILES string of the molecule is CCN(C(=O)c1cc(O)ccc1O)C1CCCCC1. The van der Waals surface area contributed by atoms with Gasteiger partial charge in [-0.3, -0.25) is 4.79 Å². The molecule has 1 aromatic carbocycles. The molecule has 104 valence electrons. The molecular weight excluding hydrogens is 242 g/mol. The van der Waals surface area contributed by atoms with Crippen LogP contribution >= 0.6 is 0 Å². The number of phenolic OH excluding ortho intramolecular Hbond substituents is 2. The van der Waals surface area contributed by atoms with Crippen LogP contribution in [0.5, 0.6) is 11.5 Å². The first-order valence-corrected chi connectivity index (χ1v) is 6.96. The lowest BCUT2D eigenvalue weighted by Crippen LogP contribution is -2.41. The van der Waals surface area contributed by atoms with Crippen molar-refractivity contribution in [3.8, 4) is 11.5 Å². The normalized spacial score (nSPS) is 16.3. The smallest absolute Gasteiger partial charge is 0.257 e. The van der Waals surface area contributed by atoms with Crippen LogP contribution in [0.2, 0.25) is 0 Å². The summed E-state index contributed by atoms with van der Waals surface area (Å²) in [6.07, 6.45) is 5.60. The molecule has 4 heteroatoms. The molecule has 1 amide bonds. The standard InChI is InChI=1S/C15H21NO3/c1-2-16(11-6-4-3-5-7-11)15(19)13-10-12(17)8-9-14(13)18/h8-11,17-18H,2-7H2,1H3. The van der Waals surface area contributed by atoms with Crippen LogP contribution in [0.25, 0.3) is 0 Å². The van der Waals surface area contributed by atoms with E-state index in [0.717, 1.165) is 25.7 Å². The summed E-state index contributed by atoms with van der Waals surface area (Å²) in [5.74, 6) is -0.263. The molecule has 1 aliphatic rings. The monoisotopic (exact) mass is 263 g/mol. The van der Waals surface area contributed by atoms with Crippen LogP contribution in [0.3, 0.4) is 0 Å². The molecule has 0 unspecified atom stereocenters. The quantitative estimate of drug-likeness (QED) is 0.824. The molecule has 0 aromatic heterocycles. The summed E-state index contributed by atoms with van der Waals surface area (Å²) in [7, 11) is 0. The van der Waals surface area contributed by atoms with E-state index in [0.29, 0.717) is 6.54 Å². The second-order valence-electron chi connectivity index (χ2n) is 5.08. The highest BCUT2D eigenvalue weighted by Gasteiger charge is 2.26. The predicted octanol–water partition coefficient (Wildman–Crippen LogP) is 2.89. The van der Waals surface area contributed by atoms with E-state index in [-0.39, 0.29) is 29.0 Å². The van der Waals surface area contributed by atoms with E-state index in [1.807, 2.05) is 11.8 Å². The van der Waals surface area contributed by atoms with Crippen LogP contribution in [-0.2, 0) is 0 Å². The average molecular weight is 263 g/mol. The molecule has 2 rings (SSSR count). The van der Waals surface area contributed by atoms with Gasteiger partial charge in [-0.15, -0.1) is 0 Å². The summed E-state index contributed by atoms with van der Waals surface area (Å²) < 4.78 is 0. The number of carbonyl (C=O) groups excluding carboxylic acids is 1. The van der Waals surface area contributed by atoms with Gasteiger partial charge >= 0.3 is 0 Å². The number of aromatic hydroxyl groups is 2. The van der Waals surface area contributed by atoms with Gasteiger partial charge in [0.1, 0.15) is 11.5 Å². The second-order valence-corrected chi connectivity index (χ2v) is 5.08. The van der Waals surface area contributed by atoms with E-state index in [4.69, 9.17) is 0 Å². The minimum Gasteiger partial charge on any atom is -0.508 e. The Morgan fingerprint density at radius 1 is 1.26 bits per heavy atom. The van der Waals surface area contributed by atoms with Gasteiger partial charge in [0.2, 0.25) is 0 Å². The van der Waals surface area contributed by atoms with E-state index in [2.05, 4.69) is 0 Å². The third-order valence-electron chi connectivity index (χ3n) is 3.83. The molecule has 0 radical (unpaired) electrons. The lowest BCUT2D eigenvalue weighted by Gasteiger charge is -2.33. The molecule has 1 aliphatic carbocycles. The number of nitrogens with zero attached hydrogens (tertiary/aromatic N) is 1. The Balaban J connectivity index is 2.22. The molecule has 1 saturated carbocycles. The van der Waals surface area contributed by atoms with E-state index >= 15 is 0 Å². The zero-order valence-electron chi connectivity index (χ0n) is 11.3. The Kier molecular flexibility index (Phi) is 4.30. The van der Waals surface area contributed by atoms with Crippen molar-refractivity contribution in [2.75, 3.05) is 6.54 Å². The fourth-order valence-corrected chi connectivity index (χ4v) is 2.81. The summed E-state index contributed by atoms with van der Waals surface area (Å²) in [6.45, 7) is 2.57. The molecule has 0 spiro atoms. The highest BCUT2D eigenvalue weighted by Crippen LogP contribution is 2.28. The van der Waals surface area contributed by atoms with Crippen molar-refractivity contribution < 1.29 is 15.0 Å². The van der Waals surface area contributed by atoms with Gasteiger partial charge in [0.05, 0.1) is 5.56 Å². The van der Waals surface area contributed by atoms with Gasteiger partial charge in [-0.05, 0) is 38.0 Å². The molecule has 4 nitrogen and oxygen atoms in total. The van der Waals surface area contributed by atoms with Gasteiger partial charge in [-0.25, -0.2) is 0 Å². The molecule has 0 atom stereocenters. The number of phenols is 2. The molecule has 0 saturated heterocycles. The van der Waals surface area contributed by atoms with Crippen molar-refractivity contribution in [3.05, 3.63) is 23.8 Å². The number of carbonyl (C=O) groups is 1. The molecule has 0 aliphatic heterocycles. The molecule has 1 fully saturated rings. The van der Waals surface area contributed by atoms with Crippen LogP contribution in [0.1, 0.15) is 49.4 Å². The summed E-state index contributed by atoms with van der Waals surface area (Å²) in [5, 5.41) is 19.3. The van der Waals surface area contributed by atoms with E-state index < -0.39 is 0 Å². The summed E-state index contributed by atoms with van der Waals surface area (Å²) in [6, 6.07) is 4.33. The van der Waals surface area contributed by atoms with E-state index in [1.54, 1.807) is 0 Å². The van der Waals surface area contributed by atoms with Crippen LogP contribution < -0.4 is 0 Å². The van der Waals surface area contributed by atoms with E-state index in [9.17, 15) is 15.0 Å². The number of amides is 1. The van der Waals surface area contributed by atoms with Gasteiger partial charge in [-0.2, -0.15) is 0 Å². The molecule has 19 heavy (non-hydrogen) atoms. The van der Waals surface area contributed by atoms with Crippen LogP contribution in [0, 0.1) is 0 Å². The third kappa shape index (κ3) is 3.00. The van der Waals surface area contributed by atoms with Crippen LogP contribution in [-0.4, -0.2) is 33.6 Å². The third-order valence-corrected chi connectivity index (χ3v) is 3.83. The van der Waals surface area contributed by atoms with Gasteiger partial charge in [0.25, 0.3) is 5.91 Å². The molecule has 0 bridgehead atoms. The van der Waals surface area contributed by atoms with Gasteiger partial charge in [-0.1, -0.05) is 19.3 Å². The zero-order valence-corrected chi connectivity index (χ0v) is 11.3. The van der Waals surface area contributed by atoms with Crippen molar-refractivity contribution in [2.24, 2.45) is 0 Å². The molecule has 0 heterocycles. The molecular formula is C15H21NO3. The van der Waals surface area contributed by atoms with Crippen molar-refractivity contribution in [2.45, 2.75) is 45.1 Å². The van der Waals surface area contributed by atoms with Crippen LogP contribution in [0.4, 0.5) is 0 Å². The fourth-order valence-electron chi connectivity index (χ4n) is 2.81. The maximum Gasteiger partial charge on any atom is 0.257 e. The first-order valence-electron chi connectivity index (χ1n) is 6.96. The Morgan fingerprint density at radius 3 is 2.58 bits per heavy atom. The summed E-state index contributed by atoms with van der Waals surface area (Å²) in [4.78, 5) is 14.3. The maximum absolute atomic E-state index is 12.5. The molecule has 1 aromatic rings. The lowest BCUT2D eigenvalue weighted by atomic mass is 9.93. The largest absolute Gasteiger partial charge is 0.508 e. The maximum atomic E-state index is 12.5. The number of hydrogen-bond acceptors (Lipinski definition) is 3. The highest BCUT2D eigenvalue weighted by atomic mass is 16.3. The summed E-state index contributed by atoms with van der Waals surface area (Å²) in [5.41, 5.74) is 0.187.